The smallest absolute Gasteiger partial charge is 0.408 e. The van der Waals surface area contributed by atoms with Gasteiger partial charge in [-0.3, -0.25) is 4.79 Å². The quantitative estimate of drug-likeness (QED) is 0.787. The number of likely N-dealkylation sites (tertiary alicyclic amines) is 1. The lowest BCUT2D eigenvalue weighted by Crippen LogP contribution is -2.49. The highest BCUT2D eigenvalue weighted by Gasteiger charge is 2.69. The topological polar surface area (TPSA) is 84.9 Å². The molecule has 1 aliphatic carbocycles. The van der Waals surface area contributed by atoms with Crippen LogP contribution in [-0.4, -0.2) is 54.7 Å². The maximum Gasteiger partial charge on any atom is 0.408 e. The van der Waals surface area contributed by atoms with Crippen LogP contribution in [0.3, 0.4) is 0 Å². The summed E-state index contributed by atoms with van der Waals surface area (Å²) in [5.74, 6) is -0.263. The average molecular weight is 326 g/mol. The van der Waals surface area contributed by atoms with Gasteiger partial charge in [0.25, 0.3) is 0 Å². The number of carbonyl (C=O) groups excluding carboxylic acids is 3. The van der Waals surface area contributed by atoms with Gasteiger partial charge in [-0.1, -0.05) is 13.8 Å². The second kappa shape index (κ2) is 5.69. The highest BCUT2D eigenvalue weighted by atomic mass is 16.6. The van der Waals surface area contributed by atoms with Crippen LogP contribution in [0.1, 0.15) is 34.6 Å². The first-order valence-corrected chi connectivity index (χ1v) is 7.83. The number of alkyl carbamates (subject to hydrolysis) is 1. The summed E-state index contributed by atoms with van der Waals surface area (Å²) in [6.45, 7) is 9.76. The summed E-state index contributed by atoms with van der Waals surface area (Å²) < 4.78 is 9.95. The van der Waals surface area contributed by atoms with Crippen molar-refractivity contribution in [3.63, 3.8) is 0 Å². The molecule has 23 heavy (non-hydrogen) atoms. The van der Waals surface area contributed by atoms with Gasteiger partial charge in [-0.2, -0.15) is 0 Å². The van der Waals surface area contributed by atoms with Crippen molar-refractivity contribution in [2.75, 3.05) is 20.2 Å². The highest BCUT2D eigenvalue weighted by Crippen LogP contribution is 2.64. The first-order chi connectivity index (χ1) is 10.5. The highest BCUT2D eigenvalue weighted by molar-refractivity contribution is 5.89. The minimum absolute atomic E-state index is 0.0498. The van der Waals surface area contributed by atoms with Gasteiger partial charge in [0.2, 0.25) is 5.91 Å². The van der Waals surface area contributed by atoms with E-state index in [1.54, 1.807) is 20.8 Å². The molecular formula is C16H26N2O5. The molecule has 3 atom stereocenters. The number of ether oxygens (including phenoxy) is 2. The molecule has 1 aliphatic heterocycles. The van der Waals surface area contributed by atoms with Gasteiger partial charge >= 0.3 is 12.1 Å². The van der Waals surface area contributed by atoms with Gasteiger partial charge in [0, 0.05) is 12.5 Å². The molecule has 0 bridgehead atoms. The molecule has 2 amide bonds. The van der Waals surface area contributed by atoms with Crippen molar-refractivity contribution in [2.24, 2.45) is 17.3 Å². The van der Waals surface area contributed by atoms with Crippen LogP contribution in [0.5, 0.6) is 0 Å². The number of nitrogens with one attached hydrogen (secondary N) is 1. The molecule has 7 nitrogen and oxygen atoms in total. The zero-order chi connectivity index (χ0) is 17.6. The van der Waals surface area contributed by atoms with E-state index < -0.39 is 23.7 Å². The molecule has 2 aliphatic rings. The van der Waals surface area contributed by atoms with E-state index in [1.165, 1.54) is 12.0 Å². The molecule has 1 saturated carbocycles. The first-order valence-electron chi connectivity index (χ1n) is 7.83. The zero-order valence-electron chi connectivity index (χ0n) is 14.6. The van der Waals surface area contributed by atoms with E-state index in [9.17, 15) is 14.4 Å². The summed E-state index contributed by atoms with van der Waals surface area (Å²) >= 11 is 0. The van der Waals surface area contributed by atoms with Crippen molar-refractivity contribution >= 4 is 18.0 Å². The van der Waals surface area contributed by atoms with Gasteiger partial charge in [-0.25, -0.2) is 9.59 Å². The minimum atomic E-state index is -0.648. The van der Waals surface area contributed by atoms with Crippen molar-refractivity contribution in [1.82, 2.24) is 10.2 Å². The molecule has 1 N–H and O–H groups in total. The lowest BCUT2D eigenvalue weighted by atomic mass is 10.0. The molecule has 2 rings (SSSR count). The van der Waals surface area contributed by atoms with Crippen LogP contribution in [0.4, 0.5) is 4.79 Å². The van der Waals surface area contributed by atoms with Crippen LogP contribution < -0.4 is 5.32 Å². The van der Waals surface area contributed by atoms with Crippen LogP contribution in [0.25, 0.3) is 0 Å². The average Bonchev–Trinajstić information content (AvgIpc) is 2.81. The normalized spacial score (nSPS) is 27.9. The van der Waals surface area contributed by atoms with Gasteiger partial charge in [0.1, 0.15) is 18.2 Å². The molecule has 0 aromatic rings. The van der Waals surface area contributed by atoms with Gasteiger partial charge in [-0.15, -0.1) is 0 Å². The summed E-state index contributed by atoms with van der Waals surface area (Å²) in [5, 5.41) is 2.44. The van der Waals surface area contributed by atoms with Crippen LogP contribution >= 0.6 is 0 Å². The number of esters is 1. The van der Waals surface area contributed by atoms with Crippen LogP contribution in [-0.2, 0) is 19.1 Å². The second-order valence-corrected chi connectivity index (χ2v) is 7.82. The Hall–Kier alpha value is -1.79. The Morgan fingerprint density at radius 3 is 2.39 bits per heavy atom. The number of nitrogens with zero attached hydrogens (tertiary/aromatic N) is 1. The molecule has 0 spiro atoms. The van der Waals surface area contributed by atoms with E-state index in [-0.39, 0.29) is 23.8 Å². The van der Waals surface area contributed by atoms with Crippen LogP contribution in [0, 0.1) is 17.3 Å². The standard InChI is InChI=1S/C16H26N2O5/c1-15(2,3)23-14(21)17-7-10(19)18-8-9-11(16(9,4)5)12(18)13(20)22-6/h9,11-12H,7-8H2,1-6H3,(H,17,21)/t9?,11?,12-/m0/s1. The molecule has 1 saturated heterocycles. The Balaban J connectivity index is 1.95. The third-order valence-corrected chi connectivity index (χ3v) is 4.75. The van der Waals surface area contributed by atoms with Crippen molar-refractivity contribution < 1.29 is 23.9 Å². The third-order valence-electron chi connectivity index (χ3n) is 4.75. The van der Waals surface area contributed by atoms with E-state index in [0.717, 1.165) is 0 Å². The Labute approximate surface area is 136 Å². The Morgan fingerprint density at radius 2 is 1.87 bits per heavy atom. The molecule has 1 heterocycles. The number of hydrogen-bond acceptors (Lipinski definition) is 5. The number of hydrogen-bond donors (Lipinski definition) is 1. The van der Waals surface area contributed by atoms with Gasteiger partial charge in [0.05, 0.1) is 7.11 Å². The molecule has 7 heteroatoms. The lowest BCUT2D eigenvalue weighted by Gasteiger charge is -2.29. The Bertz CT molecular complexity index is 523. The maximum atomic E-state index is 12.4. The Morgan fingerprint density at radius 1 is 1.26 bits per heavy atom. The van der Waals surface area contributed by atoms with Crippen LogP contribution in [0.2, 0.25) is 0 Å². The molecule has 0 aromatic carbocycles. The predicted molar refractivity (Wildman–Crippen MR) is 82.5 cm³/mol. The second-order valence-electron chi connectivity index (χ2n) is 7.82. The van der Waals surface area contributed by atoms with Crippen molar-refractivity contribution in [1.29, 1.82) is 0 Å². The Kier molecular flexibility index (Phi) is 4.34. The third kappa shape index (κ3) is 3.43. The number of carbonyl (C=O) groups is 3. The lowest BCUT2D eigenvalue weighted by molar-refractivity contribution is -0.152. The van der Waals surface area contributed by atoms with Crippen LogP contribution in [0.15, 0.2) is 0 Å². The molecule has 0 radical (unpaired) electrons. The first kappa shape index (κ1) is 17.6. The minimum Gasteiger partial charge on any atom is -0.467 e. The van der Waals surface area contributed by atoms with E-state index in [4.69, 9.17) is 9.47 Å². The number of piperidine rings is 1. The number of amides is 2. The fourth-order valence-corrected chi connectivity index (χ4v) is 3.50. The van der Waals surface area contributed by atoms with E-state index in [0.29, 0.717) is 12.5 Å². The molecular weight excluding hydrogens is 300 g/mol. The van der Waals surface area contributed by atoms with Gasteiger partial charge in [0.15, 0.2) is 0 Å². The molecule has 2 fully saturated rings. The molecule has 2 unspecified atom stereocenters. The van der Waals surface area contributed by atoms with E-state index in [2.05, 4.69) is 19.2 Å². The number of rotatable bonds is 3. The monoisotopic (exact) mass is 326 g/mol. The number of fused-ring (bicyclic) bond motifs is 1. The van der Waals surface area contributed by atoms with Gasteiger partial charge < -0.3 is 19.7 Å². The summed E-state index contributed by atoms with van der Waals surface area (Å²) in [6, 6.07) is -0.562. The summed E-state index contributed by atoms with van der Waals surface area (Å²) in [5.41, 5.74) is -0.574. The van der Waals surface area contributed by atoms with Crippen molar-refractivity contribution in [2.45, 2.75) is 46.3 Å². The largest absolute Gasteiger partial charge is 0.467 e. The van der Waals surface area contributed by atoms with Gasteiger partial charge in [-0.05, 0) is 32.1 Å². The fourth-order valence-electron chi connectivity index (χ4n) is 3.50. The predicted octanol–water partition coefficient (Wildman–Crippen LogP) is 1.17. The van der Waals surface area contributed by atoms with E-state index >= 15 is 0 Å². The SMILES string of the molecule is COC(=O)[C@@H]1C2C(CN1C(=O)CNC(=O)OC(C)(C)C)C2(C)C. The molecule has 130 valence electrons. The zero-order valence-corrected chi connectivity index (χ0v) is 14.6. The summed E-state index contributed by atoms with van der Waals surface area (Å²) in [7, 11) is 1.33. The van der Waals surface area contributed by atoms with Crippen molar-refractivity contribution in [3.05, 3.63) is 0 Å². The summed E-state index contributed by atoms with van der Waals surface area (Å²) in [4.78, 5) is 37.6. The fraction of sp³-hybridized carbons (Fsp3) is 0.812. The number of methoxy groups -OCH3 is 1. The summed E-state index contributed by atoms with van der Waals surface area (Å²) in [6.07, 6.45) is -0.648. The van der Waals surface area contributed by atoms with Crippen molar-refractivity contribution in [3.8, 4) is 0 Å². The molecule has 0 aromatic heterocycles. The van der Waals surface area contributed by atoms with E-state index in [1.807, 2.05) is 0 Å². The maximum absolute atomic E-state index is 12.4.